The third-order valence-electron chi connectivity index (χ3n) is 14.5. The van der Waals surface area contributed by atoms with Gasteiger partial charge < -0.3 is 47.1 Å². The topological polar surface area (TPSA) is 109 Å². The molecule has 0 unspecified atom stereocenters. The normalized spacial score (nSPS) is 32.6. The quantitative estimate of drug-likeness (QED) is 0.107. The lowest BCUT2D eigenvalue weighted by Crippen LogP contribution is -2.50. The molecule has 0 N–H and O–H groups in total. The first-order valence-electron chi connectivity index (χ1n) is 23.9. The number of carbonyl (C=O) groups is 1. The zero-order valence-electron chi connectivity index (χ0n) is 38.9. The molecule has 8 rings (SSSR count). The molecule has 3 aromatic carbocycles. The van der Waals surface area contributed by atoms with Gasteiger partial charge in [-0.3, -0.25) is 4.79 Å². The van der Waals surface area contributed by atoms with E-state index in [-0.39, 0.29) is 65.8 Å². The molecule has 350 valence electrons. The van der Waals surface area contributed by atoms with Gasteiger partial charge in [0.15, 0.2) is 20.4 Å². The Morgan fingerprint density at radius 2 is 1.28 bits per heavy atom. The molecule has 64 heavy (non-hydrogen) atoms. The van der Waals surface area contributed by atoms with Crippen LogP contribution in [-0.2, 0) is 60.3 Å². The van der Waals surface area contributed by atoms with Gasteiger partial charge in [-0.2, -0.15) is 0 Å². The number of benzene rings is 3. The van der Waals surface area contributed by atoms with Gasteiger partial charge in [-0.25, -0.2) is 0 Å². The number of Topliss-reactive ketones (excluding diaryl/α,β-unsaturated/α-hetero) is 1. The van der Waals surface area contributed by atoms with Crippen LogP contribution in [0.5, 0.6) is 5.75 Å². The van der Waals surface area contributed by atoms with E-state index in [0.29, 0.717) is 52.1 Å². The molecule has 5 saturated heterocycles. The zero-order chi connectivity index (χ0) is 44.7. The Morgan fingerprint density at radius 1 is 0.656 bits per heavy atom. The summed E-state index contributed by atoms with van der Waals surface area (Å²) >= 11 is 0. The number of ether oxygens (including phenoxy) is 9. The highest BCUT2D eigenvalue weighted by molar-refractivity contribution is 6.74. The standard InChI is InChI=1S/C52H72O11Si/c1-52(2,3)64(5,6)58-29-13-18-41-47(56-32-35-14-9-7-10-15-35)31-49-44(59-41)26-25-40(55-33-36-19-21-38(54-4)22-20-36)48(62-49)30-46-39(53)23-24-42-43(60-46)27-28-45-50(61-42)34-57-51(63-45)37-16-11-8-12-17-37/h7-12,14-17,19-22,40-51H,13,18,23-34H2,1-6H3/t40-,41-,42-,43+,44+,45-,46-,47+,48+,49-,50+,51+/m0/s1. The maximum Gasteiger partial charge on any atom is 0.191 e. The number of carbonyl (C=O) groups excluding carboxylic acids is 1. The van der Waals surface area contributed by atoms with E-state index in [1.165, 1.54) is 0 Å². The van der Waals surface area contributed by atoms with E-state index >= 15 is 0 Å². The fourth-order valence-electron chi connectivity index (χ4n) is 9.62. The first-order valence-corrected chi connectivity index (χ1v) is 26.8. The first-order chi connectivity index (χ1) is 30.9. The van der Waals surface area contributed by atoms with Gasteiger partial charge in [0.2, 0.25) is 0 Å². The van der Waals surface area contributed by atoms with E-state index in [2.05, 4.69) is 46.0 Å². The molecule has 0 spiro atoms. The number of ketones is 1. The molecule has 5 heterocycles. The smallest absolute Gasteiger partial charge is 0.191 e. The largest absolute Gasteiger partial charge is 0.497 e. The van der Waals surface area contributed by atoms with Crippen molar-refractivity contribution in [1.82, 2.24) is 0 Å². The van der Waals surface area contributed by atoms with Crippen LogP contribution < -0.4 is 4.74 Å². The lowest BCUT2D eigenvalue weighted by molar-refractivity contribution is -0.271. The van der Waals surface area contributed by atoms with Crippen molar-refractivity contribution in [3.05, 3.63) is 102 Å². The Morgan fingerprint density at radius 3 is 2.00 bits per heavy atom. The van der Waals surface area contributed by atoms with E-state index < -0.39 is 26.8 Å². The van der Waals surface area contributed by atoms with Gasteiger partial charge in [0.25, 0.3) is 0 Å². The van der Waals surface area contributed by atoms with Crippen LogP contribution in [-0.4, -0.2) is 102 Å². The molecular weight excluding hydrogens is 829 g/mol. The highest BCUT2D eigenvalue weighted by Gasteiger charge is 2.47. The molecule has 12 heteroatoms. The summed E-state index contributed by atoms with van der Waals surface area (Å²) in [5, 5.41) is 0.149. The Labute approximate surface area is 382 Å². The van der Waals surface area contributed by atoms with Crippen LogP contribution >= 0.6 is 0 Å². The molecule has 5 aliphatic rings. The maximum absolute atomic E-state index is 14.1. The summed E-state index contributed by atoms with van der Waals surface area (Å²) in [5.41, 5.74) is 3.15. The van der Waals surface area contributed by atoms with Crippen molar-refractivity contribution in [2.24, 2.45) is 0 Å². The third-order valence-corrected chi connectivity index (χ3v) is 19.0. The number of hydrogen-bond acceptors (Lipinski definition) is 11. The van der Waals surface area contributed by atoms with Crippen molar-refractivity contribution in [2.75, 3.05) is 20.3 Å². The van der Waals surface area contributed by atoms with Gasteiger partial charge >= 0.3 is 0 Å². The number of methoxy groups -OCH3 is 1. The van der Waals surface area contributed by atoms with Crippen molar-refractivity contribution in [2.45, 2.75) is 190 Å². The monoisotopic (exact) mass is 900 g/mol. The van der Waals surface area contributed by atoms with Crippen molar-refractivity contribution >= 4 is 14.1 Å². The van der Waals surface area contributed by atoms with Gasteiger partial charge in [-0.15, -0.1) is 0 Å². The Hall–Kier alpha value is -3.01. The van der Waals surface area contributed by atoms with Crippen LogP contribution in [0.25, 0.3) is 0 Å². The summed E-state index contributed by atoms with van der Waals surface area (Å²) in [5.74, 6) is 0.876. The maximum atomic E-state index is 14.1. The predicted octanol–water partition coefficient (Wildman–Crippen LogP) is 9.84. The van der Waals surface area contributed by atoms with Gasteiger partial charge in [-0.05, 0) is 86.3 Å². The molecule has 0 amide bonds. The summed E-state index contributed by atoms with van der Waals surface area (Å²) in [6.07, 6.45) is 3.40. The molecule has 0 aliphatic carbocycles. The highest BCUT2D eigenvalue weighted by Crippen LogP contribution is 2.40. The van der Waals surface area contributed by atoms with E-state index in [0.717, 1.165) is 61.0 Å². The second-order valence-electron chi connectivity index (χ2n) is 20.0. The van der Waals surface area contributed by atoms with E-state index in [4.69, 9.17) is 47.1 Å². The first kappa shape index (κ1) is 47.5. The summed E-state index contributed by atoms with van der Waals surface area (Å²) in [6, 6.07) is 28.3. The Bertz CT molecular complexity index is 1890. The van der Waals surface area contributed by atoms with Crippen molar-refractivity contribution in [3.8, 4) is 5.75 Å². The molecular formula is C52H72O11Si. The fraction of sp³-hybridized carbons (Fsp3) is 0.635. The van der Waals surface area contributed by atoms with Crippen LogP contribution in [0.2, 0.25) is 18.1 Å². The summed E-state index contributed by atoms with van der Waals surface area (Å²) < 4.78 is 66.0. The Kier molecular flexibility index (Phi) is 16.1. The van der Waals surface area contributed by atoms with Gasteiger partial charge in [0.05, 0.1) is 81.9 Å². The molecule has 5 aliphatic heterocycles. The fourth-order valence-corrected chi connectivity index (χ4v) is 10.7. The summed E-state index contributed by atoms with van der Waals surface area (Å²) in [7, 11) is -0.211. The number of fused-ring (bicyclic) bond motifs is 3. The van der Waals surface area contributed by atoms with Crippen LogP contribution in [0.4, 0.5) is 0 Å². The van der Waals surface area contributed by atoms with Gasteiger partial charge in [0.1, 0.15) is 18.0 Å². The summed E-state index contributed by atoms with van der Waals surface area (Å²) in [6.45, 7) is 13.5. The van der Waals surface area contributed by atoms with Gasteiger partial charge in [-0.1, -0.05) is 93.6 Å². The minimum Gasteiger partial charge on any atom is -0.497 e. The van der Waals surface area contributed by atoms with Crippen LogP contribution in [0.3, 0.4) is 0 Å². The second kappa shape index (κ2) is 21.7. The SMILES string of the molecule is COc1ccc(CO[C@H]2CC[C@H]3O[C@@H](CCCO[Si](C)(C)C(C)(C)C)[C@H](OCc4ccccc4)C[C@@H]3O[C@@H]2C[C@@H]2O[C@@H]3CC[C@@H]4O[C@H](c5ccccc5)OC[C@H]4O[C@H]3CCC2=O)cc1. The lowest BCUT2D eigenvalue weighted by Gasteiger charge is -2.42. The minimum absolute atomic E-state index is 0.0794. The van der Waals surface area contributed by atoms with Crippen LogP contribution in [0.15, 0.2) is 84.9 Å². The minimum atomic E-state index is -1.88. The zero-order valence-corrected chi connectivity index (χ0v) is 39.9. The van der Waals surface area contributed by atoms with Crippen molar-refractivity contribution in [3.63, 3.8) is 0 Å². The van der Waals surface area contributed by atoms with Crippen molar-refractivity contribution in [1.29, 1.82) is 0 Å². The Balaban J connectivity index is 0.975. The molecule has 5 fully saturated rings. The molecule has 11 nitrogen and oxygen atoms in total. The predicted molar refractivity (Wildman–Crippen MR) is 246 cm³/mol. The molecule has 12 atom stereocenters. The number of hydrogen-bond donors (Lipinski definition) is 0. The van der Waals surface area contributed by atoms with E-state index in [1.807, 2.05) is 72.8 Å². The van der Waals surface area contributed by atoms with Crippen molar-refractivity contribution < 1.29 is 51.9 Å². The molecule has 0 aromatic heterocycles. The number of rotatable bonds is 15. The molecule has 0 radical (unpaired) electrons. The van der Waals surface area contributed by atoms with E-state index in [9.17, 15) is 4.79 Å². The highest BCUT2D eigenvalue weighted by atomic mass is 28.4. The van der Waals surface area contributed by atoms with Crippen LogP contribution in [0.1, 0.15) is 108 Å². The van der Waals surface area contributed by atoms with Crippen LogP contribution in [0, 0.1) is 0 Å². The molecule has 3 aromatic rings. The average Bonchev–Trinajstić information content (AvgIpc) is 3.65. The average molecular weight is 901 g/mol. The molecule has 0 bridgehead atoms. The van der Waals surface area contributed by atoms with E-state index in [1.54, 1.807) is 7.11 Å². The van der Waals surface area contributed by atoms with Gasteiger partial charge in [0, 0.05) is 31.4 Å². The molecule has 0 saturated carbocycles. The second-order valence-corrected chi connectivity index (χ2v) is 24.8. The summed E-state index contributed by atoms with van der Waals surface area (Å²) in [4.78, 5) is 14.1. The lowest BCUT2D eigenvalue weighted by atomic mass is 9.93. The third kappa shape index (κ3) is 12.1.